The van der Waals surface area contributed by atoms with Crippen LogP contribution in [0.3, 0.4) is 0 Å². The average Bonchev–Trinajstić information content (AvgIpc) is 3.36. The predicted octanol–water partition coefficient (Wildman–Crippen LogP) is 5.40. The molecule has 0 fully saturated rings. The monoisotopic (exact) mass is 397 g/mol. The van der Waals surface area contributed by atoms with E-state index >= 15 is 0 Å². The molecule has 0 spiro atoms. The van der Waals surface area contributed by atoms with Gasteiger partial charge in [0.25, 0.3) is 0 Å². The molecular weight excluding hydrogens is 378 g/mol. The number of benzene rings is 1. The summed E-state index contributed by atoms with van der Waals surface area (Å²) >= 11 is 6.42. The van der Waals surface area contributed by atoms with Gasteiger partial charge in [0, 0.05) is 23.0 Å². The maximum absolute atomic E-state index is 12.1. The maximum Gasteiger partial charge on any atom is 0.336 e. The van der Waals surface area contributed by atoms with Gasteiger partial charge in [-0.1, -0.05) is 18.5 Å². The van der Waals surface area contributed by atoms with Crippen LogP contribution in [0, 0.1) is 0 Å². The van der Waals surface area contributed by atoms with Crippen LogP contribution in [0.15, 0.2) is 73.0 Å². The molecule has 5 nitrogen and oxygen atoms in total. The van der Waals surface area contributed by atoms with Gasteiger partial charge in [0.05, 0.1) is 25.6 Å². The Balaban J connectivity index is 1.71. The van der Waals surface area contributed by atoms with Crippen LogP contribution in [0.4, 0.5) is 0 Å². The van der Waals surface area contributed by atoms with Crippen molar-refractivity contribution in [3.63, 3.8) is 0 Å². The smallest absolute Gasteiger partial charge is 0.336 e. The first-order valence-electron chi connectivity index (χ1n) is 9.14. The Morgan fingerprint density at radius 2 is 1.61 bits per heavy atom. The molecule has 0 radical (unpaired) electrons. The lowest BCUT2D eigenvalue weighted by atomic mass is 10.1. The van der Waals surface area contributed by atoms with Crippen LogP contribution in [0.1, 0.15) is 29.6 Å². The molecule has 4 rings (SSSR count). The van der Waals surface area contributed by atoms with Crippen molar-refractivity contribution in [2.75, 3.05) is 0 Å². The summed E-state index contributed by atoms with van der Waals surface area (Å²) in [7, 11) is 0. The number of rotatable bonds is 7. The molecule has 0 saturated heterocycles. The Labute approximate surface area is 167 Å². The van der Waals surface area contributed by atoms with Gasteiger partial charge in [0.1, 0.15) is 17.1 Å². The molecule has 28 heavy (non-hydrogen) atoms. The third kappa shape index (κ3) is 4.06. The summed E-state index contributed by atoms with van der Waals surface area (Å²) in [4.78, 5) is 14.3. The van der Waals surface area contributed by atoms with Crippen molar-refractivity contribution in [2.45, 2.75) is 33.0 Å². The molecule has 0 aliphatic rings. The minimum absolute atomic E-state index is 0.372. The first-order valence-corrected chi connectivity index (χ1v) is 9.52. The molecule has 0 aliphatic carbocycles. The zero-order chi connectivity index (χ0) is 19.5. The average molecular weight is 398 g/mol. The SMILES string of the molecule is CCc1cc2oc(=O)cc(CN(Cc3ccco3)Cc3ccco3)c2cc1Cl. The van der Waals surface area contributed by atoms with E-state index in [0.717, 1.165) is 34.5 Å². The zero-order valence-corrected chi connectivity index (χ0v) is 16.2. The van der Waals surface area contributed by atoms with Gasteiger partial charge in [0.2, 0.25) is 0 Å². The van der Waals surface area contributed by atoms with Crippen LogP contribution in [0.25, 0.3) is 11.0 Å². The van der Waals surface area contributed by atoms with E-state index in [1.807, 2.05) is 43.3 Å². The van der Waals surface area contributed by atoms with Crippen molar-refractivity contribution >= 4 is 22.6 Å². The number of aryl methyl sites for hydroxylation is 1. The highest BCUT2D eigenvalue weighted by molar-refractivity contribution is 6.32. The van der Waals surface area contributed by atoms with Crippen LogP contribution in [0.2, 0.25) is 5.02 Å². The minimum atomic E-state index is -0.372. The molecular formula is C22H20ClNO4. The second-order valence-corrected chi connectivity index (χ2v) is 7.10. The Kier molecular flexibility index (Phi) is 5.37. The maximum atomic E-state index is 12.1. The summed E-state index contributed by atoms with van der Waals surface area (Å²) < 4.78 is 16.4. The second kappa shape index (κ2) is 8.09. The van der Waals surface area contributed by atoms with Crippen LogP contribution in [-0.4, -0.2) is 4.90 Å². The standard InChI is InChI=1S/C22H20ClNO4/c1-2-15-9-21-19(11-20(15)23)16(10-22(25)28-21)12-24(13-17-5-3-7-26-17)14-18-6-4-8-27-18/h3-11H,2,12-14H2,1H3. The number of hydrogen-bond acceptors (Lipinski definition) is 5. The van der Waals surface area contributed by atoms with Gasteiger partial charge in [-0.15, -0.1) is 0 Å². The largest absolute Gasteiger partial charge is 0.468 e. The summed E-state index contributed by atoms with van der Waals surface area (Å²) in [5.41, 5.74) is 1.99. The first-order chi connectivity index (χ1) is 13.6. The van der Waals surface area contributed by atoms with E-state index in [1.54, 1.807) is 12.5 Å². The van der Waals surface area contributed by atoms with Crippen LogP contribution in [-0.2, 0) is 26.1 Å². The number of nitrogens with zero attached hydrogens (tertiary/aromatic N) is 1. The lowest BCUT2D eigenvalue weighted by Crippen LogP contribution is -2.22. The summed E-state index contributed by atoms with van der Waals surface area (Å²) in [5.74, 6) is 1.68. The second-order valence-electron chi connectivity index (χ2n) is 6.69. The Morgan fingerprint density at radius 1 is 0.929 bits per heavy atom. The summed E-state index contributed by atoms with van der Waals surface area (Å²) in [6, 6.07) is 12.8. The Hall–Kier alpha value is -2.76. The summed E-state index contributed by atoms with van der Waals surface area (Å²) in [5, 5.41) is 1.51. The number of hydrogen-bond donors (Lipinski definition) is 0. The molecule has 0 aliphatic heterocycles. The molecule has 0 atom stereocenters. The molecule has 1 aromatic carbocycles. The van der Waals surface area contributed by atoms with Crippen molar-refractivity contribution in [3.05, 3.63) is 93.1 Å². The molecule has 6 heteroatoms. The van der Waals surface area contributed by atoms with E-state index in [9.17, 15) is 4.79 Å². The van der Waals surface area contributed by atoms with Gasteiger partial charge >= 0.3 is 5.63 Å². The van der Waals surface area contributed by atoms with Crippen molar-refractivity contribution in [1.82, 2.24) is 4.90 Å². The fraction of sp³-hybridized carbons (Fsp3) is 0.227. The highest BCUT2D eigenvalue weighted by Crippen LogP contribution is 2.27. The van der Waals surface area contributed by atoms with E-state index in [-0.39, 0.29) is 5.63 Å². The van der Waals surface area contributed by atoms with Crippen LogP contribution >= 0.6 is 11.6 Å². The quantitative estimate of drug-likeness (QED) is 0.391. The Bertz CT molecular complexity index is 1080. The van der Waals surface area contributed by atoms with Gasteiger partial charge in [-0.05, 0) is 53.9 Å². The molecule has 0 N–H and O–H groups in total. The van der Waals surface area contributed by atoms with E-state index < -0.39 is 0 Å². The topological polar surface area (TPSA) is 59.7 Å². The van der Waals surface area contributed by atoms with Crippen LogP contribution in [0.5, 0.6) is 0 Å². The van der Waals surface area contributed by atoms with E-state index in [1.165, 1.54) is 6.07 Å². The van der Waals surface area contributed by atoms with Crippen LogP contribution < -0.4 is 5.63 Å². The summed E-state index contributed by atoms with van der Waals surface area (Å²) in [6.45, 7) is 3.70. The van der Waals surface area contributed by atoms with Crippen molar-refractivity contribution in [2.24, 2.45) is 0 Å². The highest BCUT2D eigenvalue weighted by Gasteiger charge is 2.16. The normalized spacial score (nSPS) is 11.5. The minimum Gasteiger partial charge on any atom is -0.468 e. The molecule has 144 valence electrons. The fourth-order valence-corrected chi connectivity index (χ4v) is 3.64. The van der Waals surface area contributed by atoms with Gasteiger partial charge in [-0.2, -0.15) is 0 Å². The highest BCUT2D eigenvalue weighted by atomic mass is 35.5. The van der Waals surface area contributed by atoms with E-state index in [4.69, 9.17) is 24.9 Å². The fourth-order valence-electron chi connectivity index (χ4n) is 3.34. The molecule has 3 heterocycles. The number of furan rings is 2. The lowest BCUT2D eigenvalue weighted by molar-refractivity contribution is 0.210. The first kappa shape index (κ1) is 18.6. The summed E-state index contributed by atoms with van der Waals surface area (Å²) in [6.07, 6.45) is 4.07. The van der Waals surface area contributed by atoms with Gasteiger partial charge in [-0.3, -0.25) is 4.90 Å². The predicted molar refractivity (Wildman–Crippen MR) is 107 cm³/mol. The molecule has 4 aromatic rings. The third-order valence-corrected chi connectivity index (χ3v) is 5.04. The number of fused-ring (bicyclic) bond motifs is 1. The number of halogens is 1. The van der Waals surface area contributed by atoms with Crippen molar-refractivity contribution < 1.29 is 13.3 Å². The van der Waals surface area contributed by atoms with Crippen molar-refractivity contribution in [1.29, 1.82) is 0 Å². The Morgan fingerprint density at radius 3 is 2.18 bits per heavy atom. The molecule has 0 unspecified atom stereocenters. The van der Waals surface area contributed by atoms with Gasteiger partial charge in [-0.25, -0.2) is 4.79 Å². The van der Waals surface area contributed by atoms with Gasteiger partial charge < -0.3 is 13.3 Å². The molecule has 0 bridgehead atoms. The van der Waals surface area contributed by atoms with Crippen molar-refractivity contribution in [3.8, 4) is 0 Å². The van der Waals surface area contributed by atoms with Gasteiger partial charge in [0.15, 0.2) is 0 Å². The third-order valence-electron chi connectivity index (χ3n) is 4.69. The molecule has 3 aromatic heterocycles. The molecule has 0 saturated carbocycles. The van der Waals surface area contributed by atoms with E-state index in [2.05, 4.69) is 4.90 Å². The van der Waals surface area contributed by atoms with E-state index in [0.29, 0.717) is 30.2 Å². The zero-order valence-electron chi connectivity index (χ0n) is 15.5. The molecule has 0 amide bonds. The lowest BCUT2D eigenvalue weighted by Gasteiger charge is -2.21.